The highest BCUT2D eigenvalue weighted by atomic mass is 32.2. The average molecular weight is 411 g/mol. The van der Waals surface area contributed by atoms with Crippen molar-refractivity contribution in [2.24, 2.45) is 0 Å². The number of rotatable bonds is 4. The van der Waals surface area contributed by atoms with E-state index in [0.717, 1.165) is 37.9 Å². The van der Waals surface area contributed by atoms with Crippen molar-refractivity contribution in [2.75, 3.05) is 0 Å². The van der Waals surface area contributed by atoms with Gasteiger partial charge in [-0.3, -0.25) is 4.79 Å². The van der Waals surface area contributed by atoms with Gasteiger partial charge < -0.3 is 5.11 Å². The van der Waals surface area contributed by atoms with Gasteiger partial charge in [0.15, 0.2) is 0 Å². The lowest BCUT2D eigenvalue weighted by Gasteiger charge is -2.08. The number of benzene rings is 4. The van der Waals surface area contributed by atoms with Crippen LogP contribution < -0.4 is 0 Å². The molecule has 0 fully saturated rings. The Morgan fingerprint density at radius 1 is 0.833 bits per heavy atom. The summed E-state index contributed by atoms with van der Waals surface area (Å²) in [5.41, 5.74) is 4.39. The Labute approximate surface area is 180 Å². The molecule has 0 aliphatic carbocycles. The van der Waals surface area contributed by atoms with Gasteiger partial charge in [0.2, 0.25) is 5.12 Å². The summed E-state index contributed by atoms with van der Waals surface area (Å²) in [4.78, 5) is 13.9. The van der Waals surface area contributed by atoms with Crippen LogP contribution in [0.15, 0.2) is 83.8 Å². The van der Waals surface area contributed by atoms with Crippen LogP contribution in [0.4, 0.5) is 0 Å². The predicted octanol–water partition coefficient (Wildman–Crippen LogP) is 7.27. The normalized spacial score (nSPS) is 11.3. The molecule has 148 valence electrons. The van der Waals surface area contributed by atoms with Crippen LogP contribution in [0.3, 0.4) is 0 Å². The molecule has 0 heterocycles. The molecule has 4 aromatic rings. The Hall–Kier alpha value is -3.30. The molecule has 3 heteroatoms. The van der Waals surface area contributed by atoms with E-state index in [1.54, 1.807) is 0 Å². The number of fused-ring (bicyclic) bond motifs is 1. The Balaban J connectivity index is 1.73. The summed E-state index contributed by atoms with van der Waals surface area (Å²) in [6.07, 6.45) is 4.07. The van der Waals surface area contributed by atoms with E-state index in [9.17, 15) is 9.90 Å². The van der Waals surface area contributed by atoms with Crippen LogP contribution >= 0.6 is 11.8 Å². The van der Waals surface area contributed by atoms with Crippen molar-refractivity contribution in [3.63, 3.8) is 0 Å². The van der Waals surface area contributed by atoms with E-state index in [-0.39, 0.29) is 5.12 Å². The van der Waals surface area contributed by atoms with Gasteiger partial charge in [0, 0.05) is 10.5 Å². The largest absolute Gasteiger partial charge is 0.507 e. The molecule has 0 aliphatic rings. The topological polar surface area (TPSA) is 37.3 Å². The molecule has 1 N–H and O–H groups in total. The molecule has 30 heavy (non-hydrogen) atoms. The molecule has 4 rings (SSSR count). The van der Waals surface area contributed by atoms with E-state index in [1.807, 2.05) is 98.8 Å². The number of carbonyl (C=O) groups is 1. The Morgan fingerprint density at radius 2 is 1.50 bits per heavy atom. The first-order chi connectivity index (χ1) is 14.5. The molecule has 2 nitrogen and oxygen atoms in total. The van der Waals surface area contributed by atoms with Crippen molar-refractivity contribution in [1.82, 2.24) is 0 Å². The highest BCUT2D eigenvalue weighted by Gasteiger charge is 2.11. The van der Waals surface area contributed by atoms with E-state index in [1.165, 1.54) is 11.8 Å². The Bertz CT molecular complexity index is 1230. The molecule has 0 aliphatic heterocycles. The average Bonchev–Trinajstić information content (AvgIpc) is 2.76. The number of hydrogen-bond donors (Lipinski definition) is 1. The van der Waals surface area contributed by atoms with Crippen LogP contribution in [0, 0.1) is 13.8 Å². The first-order valence-corrected chi connectivity index (χ1v) is 10.6. The van der Waals surface area contributed by atoms with Gasteiger partial charge in [-0.1, -0.05) is 54.6 Å². The summed E-state index contributed by atoms with van der Waals surface area (Å²) in [6, 6.07) is 25.6. The lowest BCUT2D eigenvalue weighted by molar-refractivity contribution is 0.108. The SMILES string of the molecule is Cc1cc(C=Cc2cc(C(=O)Sc3ccccc3)cc3ccccc23)cc(C)c1O. The van der Waals surface area contributed by atoms with Gasteiger partial charge in [0.05, 0.1) is 0 Å². The fourth-order valence-corrected chi connectivity index (χ4v) is 4.27. The van der Waals surface area contributed by atoms with Crippen LogP contribution in [0.1, 0.15) is 32.6 Å². The van der Waals surface area contributed by atoms with Crippen LogP contribution in [0.2, 0.25) is 0 Å². The third-order valence-electron chi connectivity index (χ3n) is 5.05. The van der Waals surface area contributed by atoms with Crippen LogP contribution in [0.5, 0.6) is 5.75 Å². The lowest BCUT2D eigenvalue weighted by atomic mass is 9.99. The molecule has 0 unspecified atom stereocenters. The summed E-state index contributed by atoms with van der Waals surface area (Å²) >= 11 is 1.24. The van der Waals surface area contributed by atoms with Crippen molar-refractivity contribution in [2.45, 2.75) is 18.7 Å². The maximum atomic E-state index is 12.9. The second-order valence-electron chi connectivity index (χ2n) is 7.33. The molecule has 0 spiro atoms. The zero-order valence-corrected chi connectivity index (χ0v) is 17.7. The second-order valence-corrected chi connectivity index (χ2v) is 8.37. The summed E-state index contributed by atoms with van der Waals surface area (Å²) in [5, 5.41) is 12.2. The molecule has 0 atom stereocenters. The van der Waals surface area contributed by atoms with Crippen LogP contribution in [0.25, 0.3) is 22.9 Å². The molecule has 0 aromatic heterocycles. The number of aromatic hydroxyl groups is 1. The third-order valence-corrected chi connectivity index (χ3v) is 5.98. The maximum Gasteiger partial charge on any atom is 0.224 e. The highest BCUT2D eigenvalue weighted by molar-refractivity contribution is 8.14. The van der Waals surface area contributed by atoms with Gasteiger partial charge in [-0.15, -0.1) is 0 Å². The number of hydrogen-bond acceptors (Lipinski definition) is 3. The molecule has 0 bridgehead atoms. The smallest absolute Gasteiger partial charge is 0.224 e. The number of phenols is 1. The molecule has 4 aromatic carbocycles. The van der Waals surface area contributed by atoms with Gasteiger partial charge in [0.1, 0.15) is 5.75 Å². The van der Waals surface area contributed by atoms with E-state index < -0.39 is 0 Å². The van der Waals surface area contributed by atoms with Crippen LogP contribution in [-0.4, -0.2) is 10.2 Å². The minimum Gasteiger partial charge on any atom is -0.507 e. The lowest BCUT2D eigenvalue weighted by Crippen LogP contribution is -1.95. The predicted molar refractivity (Wildman–Crippen MR) is 127 cm³/mol. The zero-order chi connectivity index (χ0) is 21.1. The summed E-state index contributed by atoms with van der Waals surface area (Å²) < 4.78 is 0. The first-order valence-electron chi connectivity index (χ1n) is 9.79. The van der Waals surface area contributed by atoms with Gasteiger partial charge in [-0.25, -0.2) is 0 Å². The molecule has 0 amide bonds. The maximum absolute atomic E-state index is 12.9. The van der Waals surface area contributed by atoms with E-state index in [0.29, 0.717) is 11.3 Å². The van der Waals surface area contributed by atoms with Gasteiger partial charge in [0.25, 0.3) is 0 Å². The summed E-state index contributed by atoms with van der Waals surface area (Å²) in [5.74, 6) is 0.336. The number of thioether (sulfide) groups is 1. The summed E-state index contributed by atoms with van der Waals surface area (Å²) in [6.45, 7) is 3.80. The third kappa shape index (κ3) is 4.32. The monoisotopic (exact) mass is 410 g/mol. The zero-order valence-electron chi connectivity index (χ0n) is 16.9. The number of phenolic OH excluding ortho intramolecular Hbond substituents is 1. The molecule has 0 saturated carbocycles. The standard InChI is InChI=1S/C27H22O2S/c1-18-14-20(15-19(2)26(18)28)12-13-22-17-23(16-21-8-6-7-11-25(21)22)27(29)30-24-9-4-3-5-10-24/h3-17,28H,1-2H3. The number of aryl methyl sites for hydroxylation is 2. The van der Waals surface area contributed by atoms with Crippen molar-refractivity contribution < 1.29 is 9.90 Å². The fourth-order valence-electron chi connectivity index (χ4n) is 3.52. The Morgan fingerprint density at radius 3 is 2.23 bits per heavy atom. The van der Waals surface area contributed by atoms with Crippen molar-refractivity contribution in [1.29, 1.82) is 0 Å². The molecular weight excluding hydrogens is 388 g/mol. The van der Waals surface area contributed by atoms with Crippen molar-refractivity contribution in [3.05, 3.63) is 107 Å². The molecular formula is C27H22O2S. The highest BCUT2D eigenvalue weighted by Crippen LogP contribution is 2.29. The van der Waals surface area contributed by atoms with Gasteiger partial charge in [-0.05, 0) is 95.0 Å². The van der Waals surface area contributed by atoms with E-state index in [4.69, 9.17) is 0 Å². The summed E-state index contributed by atoms with van der Waals surface area (Å²) in [7, 11) is 0. The quantitative estimate of drug-likeness (QED) is 0.284. The first kappa shape index (κ1) is 20.0. The molecule has 0 saturated heterocycles. The minimum atomic E-state index is 0.0259. The number of carbonyl (C=O) groups excluding carboxylic acids is 1. The van der Waals surface area contributed by atoms with E-state index >= 15 is 0 Å². The van der Waals surface area contributed by atoms with Crippen molar-refractivity contribution in [3.8, 4) is 5.75 Å². The fraction of sp³-hybridized carbons (Fsp3) is 0.0741. The second kappa shape index (κ2) is 8.60. The minimum absolute atomic E-state index is 0.0259. The van der Waals surface area contributed by atoms with Gasteiger partial charge in [-0.2, -0.15) is 0 Å². The van der Waals surface area contributed by atoms with Gasteiger partial charge >= 0.3 is 0 Å². The molecule has 0 radical (unpaired) electrons. The van der Waals surface area contributed by atoms with E-state index in [2.05, 4.69) is 6.07 Å². The Kier molecular flexibility index (Phi) is 5.73. The van der Waals surface area contributed by atoms with Crippen molar-refractivity contribution >= 4 is 39.8 Å². The van der Waals surface area contributed by atoms with Crippen LogP contribution in [-0.2, 0) is 0 Å².